The van der Waals surface area contributed by atoms with Gasteiger partial charge in [-0.15, -0.1) is 0 Å². The van der Waals surface area contributed by atoms with Crippen molar-refractivity contribution in [2.24, 2.45) is 11.3 Å². The molecule has 0 aromatic rings. The van der Waals surface area contributed by atoms with Gasteiger partial charge in [0.1, 0.15) is 0 Å². The minimum Gasteiger partial charge on any atom is -0.381 e. The van der Waals surface area contributed by atoms with E-state index in [0.29, 0.717) is 5.41 Å². The minimum absolute atomic E-state index is 0.470. The Hall–Kier alpha value is -0.0400. The summed E-state index contributed by atoms with van der Waals surface area (Å²) in [7, 11) is 0. The van der Waals surface area contributed by atoms with Crippen LogP contribution in [0.4, 0.5) is 0 Å². The summed E-state index contributed by atoms with van der Waals surface area (Å²) < 4.78 is 5.06. The normalized spacial score (nSPS) is 18.9. The lowest BCUT2D eigenvalue weighted by molar-refractivity contribution is -0.0821. The highest BCUT2D eigenvalue weighted by atomic mass is 16.5. The summed E-state index contributed by atoms with van der Waals surface area (Å²) >= 11 is 0. The van der Waals surface area contributed by atoms with Gasteiger partial charge in [-0.05, 0) is 5.41 Å². The van der Waals surface area contributed by atoms with Crippen LogP contribution in [0.1, 0.15) is 34.6 Å². The molecule has 0 aliphatic carbocycles. The molecule has 0 amide bonds. The third-order valence-electron chi connectivity index (χ3n) is 1.86. The van der Waals surface area contributed by atoms with E-state index in [1.54, 1.807) is 0 Å². The van der Waals surface area contributed by atoms with Crippen LogP contribution in [0.3, 0.4) is 0 Å². The van der Waals surface area contributed by atoms with E-state index in [9.17, 15) is 0 Å². The van der Waals surface area contributed by atoms with Crippen molar-refractivity contribution in [3.8, 4) is 0 Å². The molecular formula is C9H20O. The van der Waals surface area contributed by atoms with Gasteiger partial charge in [0.2, 0.25) is 0 Å². The lowest BCUT2D eigenvalue weighted by atomic mass is 9.80. The fourth-order valence-electron chi connectivity index (χ4n) is 0.736. The Morgan fingerprint density at radius 2 is 1.50 bits per heavy atom. The van der Waals surface area contributed by atoms with E-state index in [1.165, 1.54) is 0 Å². The molecule has 1 nitrogen and oxygen atoms in total. The van der Waals surface area contributed by atoms with Gasteiger partial charge in [-0.2, -0.15) is 0 Å². The monoisotopic (exact) mass is 144 g/mol. The second kappa shape index (κ2) is 3.97. The average molecular weight is 144 g/mol. The van der Waals surface area contributed by atoms with Gasteiger partial charge in [-0.3, -0.25) is 0 Å². The van der Waals surface area contributed by atoms with Crippen LogP contribution in [0.15, 0.2) is 0 Å². The molecule has 0 N–H and O–H groups in total. The van der Waals surface area contributed by atoms with Crippen LogP contribution in [0.5, 0.6) is 0 Å². The van der Waals surface area contributed by atoms with E-state index < -0.39 is 0 Å². The first-order valence-corrected chi connectivity index (χ1v) is 4.18. The van der Waals surface area contributed by atoms with Crippen LogP contribution < -0.4 is 0 Å². The van der Waals surface area contributed by atoms with Crippen LogP contribution in [0.2, 0.25) is 0 Å². The van der Waals surface area contributed by atoms with E-state index in [-0.39, 0.29) is 0 Å². The van der Waals surface area contributed by atoms with Crippen molar-refractivity contribution in [1.82, 2.24) is 0 Å². The van der Waals surface area contributed by atoms with Gasteiger partial charge in [-0.1, -0.05) is 34.6 Å². The molecule has 10 heavy (non-hydrogen) atoms. The zero-order valence-electron chi connectivity index (χ0n) is 7.90. The highest BCUT2D eigenvalue weighted by Crippen LogP contribution is 2.31. The largest absolute Gasteiger partial charge is 0.381 e. The Kier molecular flexibility index (Phi) is 3.95. The molecule has 1 heteroatoms. The van der Waals surface area contributed by atoms with Gasteiger partial charge in [-0.25, -0.2) is 0 Å². The first-order chi connectivity index (χ1) is 4.61. The van der Waals surface area contributed by atoms with Crippen molar-refractivity contribution < 1.29 is 4.74 Å². The lowest BCUT2D eigenvalue weighted by Crippen LogP contribution is -2.37. The van der Waals surface area contributed by atoms with Gasteiger partial charge in [0.05, 0.1) is 13.2 Å². The van der Waals surface area contributed by atoms with E-state index in [1.807, 2.05) is 13.8 Å². The minimum atomic E-state index is 0.470. The number of rotatable bonds is 0. The fraction of sp³-hybridized carbons (Fsp3) is 1.00. The molecule has 0 aromatic carbocycles. The first-order valence-electron chi connectivity index (χ1n) is 4.18. The molecule has 1 aliphatic rings. The summed E-state index contributed by atoms with van der Waals surface area (Å²) in [6.07, 6.45) is 0. The van der Waals surface area contributed by atoms with Crippen LogP contribution in [-0.4, -0.2) is 13.2 Å². The lowest BCUT2D eigenvalue weighted by Gasteiger charge is -2.37. The second-order valence-corrected chi connectivity index (χ2v) is 3.60. The third kappa shape index (κ3) is 2.70. The second-order valence-electron chi connectivity index (χ2n) is 3.60. The fourth-order valence-corrected chi connectivity index (χ4v) is 0.736. The topological polar surface area (TPSA) is 9.23 Å². The zero-order valence-corrected chi connectivity index (χ0v) is 7.90. The van der Waals surface area contributed by atoms with Crippen LogP contribution in [0.25, 0.3) is 0 Å². The van der Waals surface area contributed by atoms with Crippen molar-refractivity contribution in [2.45, 2.75) is 34.6 Å². The Morgan fingerprint density at radius 3 is 1.50 bits per heavy atom. The van der Waals surface area contributed by atoms with Crippen LogP contribution in [0, 0.1) is 11.3 Å². The van der Waals surface area contributed by atoms with E-state index in [4.69, 9.17) is 4.74 Å². The van der Waals surface area contributed by atoms with Gasteiger partial charge < -0.3 is 4.74 Å². The molecule has 0 aromatic heterocycles. The highest BCUT2D eigenvalue weighted by molar-refractivity contribution is 4.78. The number of ether oxygens (including phenoxy) is 1. The Labute approximate surface area is 64.8 Å². The van der Waals surface area contributed by atoms with Crippen LogP contribution >= 0.6 is 0 Å². The van der Waals surface area contributed by atoms with Gasteiger partial charge in [0, 0.05) is 5.92 Å². The van der Waals surface area contributed by atoms with Crippen molar-refractivity contribution in [2.75, 3.05) is 13.2 Å². The molecular weight excluding hydrogens is 124 g/mol. The van der Waals surface area contributed by atoms with E-state index >= 15 is 0 Å². The molecule has 1 rings (SSSR count). The Balaban J connectivity index is 0.000000371. The van der Waals surface area contributed by atoms with E-state index in [0.717, 1.165) is 19.1 Å². The molecule has 0 spiro atoms. The summed E-state index contributed by atoms with van der Waals surface area (Å²) in [5.74, 6) is 0.808. The number of hydrogen-bond donors (Lipinski definition) is 0. The Bertz CT molecular complexity index is 77.2. The SMILES string of the molecule is CC.CC(C)(C)C1COC1. The van der Waals surface area contributed by atoms with Gasteiger partial charge in [0.15, 0.2) is 0 Å². The molecule has 0 unspecified atom stereocenters. The van der Waals surface area contributed by atoms with Gasteiger partial charge >= 0.3 is 0 Å². The maximum atomic E-state index is 5.06. The molecule has 0 saturated carbocycles. The molecule has 1 heterocycles. The van der Waals surface area contributed by atoms with Crippen LogP contribution in [-0.2, 0) is 4.74 Å². The standard InChI is InChI=1S/C7H14O.C2H6/c1-7(2,3)6-4-8-5-6;1-2/h6H,4-5H2,1-3H3;1-2H3. The van der Waals surface area contributed by atoms with Crippen molar-refractivity contribution in [3.63, 3.8) is 0 Å². The first kappa shape index (κ1) is 9.96. The van der Waals surface area contributed by atoms with E-state index in [2.05, 4.69) is 20.8 Å². The molecule has 1 aliphatic heterocycles. The molecule has 0 atom stereocenters. The highest BCUT2D eigenvalue weighted by Gasteiger charge is 2.30. The maximum absolute atomic E-state index is 5.06. The summed E-state index contributed by atoms with van der Waals surface area (Å²) in [4.78, 5) is 0. The molecule has 62 valence electrons. The smallest absolute Gasteiger partial charge is 0.0521 e. The quantitative estimate of drug-likeness (QED) is 0.508. The average Bonchev–Trinajstić information content (AvgIpc) is 1.61. The summed E-state index contributed by atoms with van der Waals surface area (Å²) in [5.41, 5.74) is 0.470. The Morgan fingerprint density at radius 1 is 1.10 bits per heavy atom. The molecule has 1 fully saturated rings. The number of hydrogen-bond acceptors (Lipinski definition) is 1. The van der Waals surface area contributed by atoms with Gasteiger partial charge in [0.25, 0.3) is 0 Å². The predicted molar refractivity (Wildman–Crippen MR) is 45.1 cm³/mol. The van der Waals surface area contributed by atoms with Crippen molar-refractivity contribution in [3.05, 3.63) is 0 Å². The van der Waals surface area contributed by atoms with Crippen molar-refractivity contribution in [1.29, 1.82) is 0 Å². The molecule has 0 bridgehead atoms. The summed E-state index contributed by atoms with van der Waals surface area (Å²) in [6, 6.07) is 0. The maximum Gasteiger partial charge on any atom is 0.0521 e. The summed E-state index contributed by atoms with van der Waals surface area (Å²) in [5, 5.41) is 0. The predicted octanol–water partition coefficient (Wildman–Crippen LogP) is 2.71. The third-order valence-corrected chi connectivity index (χ3v) is 1.86. The molecule has 1 saturated heterocycles. The van der Waals surface area contributed by atoms with Crippen molar-refractivity contribution >= 4 is 0 Å². The zero-order chi connectivity index (χ0) is 8.20. The molecule has 0 radical (unpaired) electrons. The summed E-state index contributed by atoms with van der Waals surface area (Å²) in [6.45, 7) is 12.7.